The normalized spacial score (nSPS) is 11.8. The van der Waals surface area contributed by atoms with Crippen molar-refractivity contribution in [2.45, 2.75) is 25.2 Å². The zero-order chi connectivity index (χ0) is 40.9. The average Bonchev–Trinajstić information content (AvgIpc) is 3.94. The Bertz CT molecular complexity index is 2850. The van der Waals surface area contributed by atoms with E-state index in [1.54, 1.807) is 18.2 Å². The Hall–Kier alpha value is -6.81. The van der Waals surface area contributed by atoms with Gasteiger partial charge in [0.05, 0.1) is 16.6 Å². The molecular weight excluding hydrogens is 721 g/mol. The third kappa shape index (κ3) is 8.92. The summed E-state index contributed by atoms with van der Waals surface area (Å²) >= 11 is 4.08. The van der Waals surface area contributed by atoms with Gasteiger partial charge in [0.2, 0.25) is 0 Å². The smallest absolute Gasteiger partial charge is 0.0541 e. The number of nitrogens with one attached hydrogen (secondary N) is 1. The van der Waals surface area contributed by atoms with Crippen LogP contribution < -0.4 is 0 Å². The van der Waals surface area contributed by atoms with Crippen LogP contribution in [0.4, 0.5) is 0 Å². The van der Waals surface area contributed by atoms with Crippen molar-refractivity contribution in [1.82, 2.24) is 9.55 Å². The van der Waals surface area contributed by atoms with Gasteiger partial charge in [0.25, 0.3) is 0 Å². The fourth-order valence-electron chi connectivity index (χ4n) is 7.38. The molecule has 6 aromatic carbocycles. The molecule has 0 bridgehead atoms. The van der Waals surface area contributed by atoms with Crippen molar-refractivity contribution in [3.63, 3.8) is 0 Å². The first kappa shape index (κ1) is 40.8. The quantitative estimate of drug-likeness (QED) is 0.119. The maximum atomic E-state index is 4.08. The van der Waals surface area contributed by atoms with E-state index < -0.39 is 0 Å². The van der Waals surface area contributed by atoms with Crippen molar-refractivity contribution in [2.75, 3.05) is 0 Å². The number of allylic oxidation sites excluding steroid dienone is 12. The summed E-state index contributed by atoms with van der Waals surface area (Å²) in [4.78, 5) is 4.78. The zero-order valence-electron chi connectivity index (χ0n) is 33.4. The Balaban J connectivity index is 0.000000263. The molecule has 0 amide bonds. The predicted molar refractivity (Wildman–Crippen MR) is 260 cm³/mol. The number of aromatic amines is 1. The second kappa shape index (κ2) is 19.9. The SMILES string of the molecule is C=C/C=C(\C=C/C)n1c2ccccc2c2cc(-c3ccc4[nH]c5c6c(ccc5c4c3)-c3ccccc3C6)ccc21.C=C/C=C\C=C/C.C=CC=C.Sc1ccccc1. The second-order valence-electron chi connectivity index (χ2n) is 13.6. The van der Waals surface area contributed by atoms with Crippen molar-refractivity contribution in [3.8, 4) is 22.3 Å². The lowest BCUT2D eigenvalue weighted by molar-refractivity contribution is 1.24. The van der Waals surface area contributed by atoms with Gasteiger partial charge in [-0.25, -0.2) is 0 Å². The third-order valence-electron chi connectivity index (χ3n) is 9.92. The Morgan fingerprint density at radius 2 is 1.28 bits per heavy atom. The molecule has 0 unspecified atom stereocenters. The molecular formula is C55H50N2S. The number of rotatable bonds is 7. The number of fused-ring (bicyclic) bond motifs is 10. The van der Waals surface area contributed by atoms with Crippen LogP contribution in [0.1, 0.15) is 25.0 Å². The number of H-pyrrole nitrogens is 1. The van der Waals surface area contributed by atoms with Gasteiger partial charge in [0.1, 0.15) is 0 Å². The van der Waals surface area contributed by atoms with E-state index in [4.69, 9.17) is 0 Å². The molecule has 0 atom stereocenters. The van der Waals surface area contributed by atoms with Crippen molar-refractivity contribution < 1.29 is 0 Å². The highest BCUT2D eigenvalue weighted by molar-refractivity contribution is 7.80. The highest BCUT2D eigenvalue weighted by Gasteiger charge is 2.22. The van der Waals surface area contributed by atoms with Crippen LogP contribution in [0, 0.1) is 0 Å². The van der Waals surface area contributed by atoms with Crippen molar-refractivity contribution >= 4 is 61.9 Å². The first-order valence-electron chi connectivity index (χ1n) is 19.5. The number of benzene rings is 6. The molecule has 0 aliphatic heterocycles. The topological polar surface area (TPSA) is 20.7 Å². The minimum absolute atomic E-state index is 0.985. The highest BCUT2D eigenvalue weighted by atomic mass is 32.1. The molecule has 8 aromatic rings. The first-order valence-corrected chi connectivity index (χ1v) is 19.9. The minimum Gasteiger partial charge on any atom is -0.354 e. The summed E-state index contributed by atoms with van der Waals surface area (Å²) in [7, 11) is 0. The zero-order valence-corrected chi connectivity index (χ0v) is 34.3. The summed E-state index contributed by atoms with van der Waals surface area (Å²) in [6, 6.07) is 45.5. The molecule has 1 aliphatic rings. The molecule has 286 valence electrons. The third-order valence-corrected chi connectivity index (χ3v) is 10.2. The maximum Gasteiger partial charge on any atom is 0.0541 e. The molecule has 1 N–H and O–H groups in total. The van der Waals surface area contributed by atoms with Gasteiger partial charge in [-0.05, 0) is 102 Å². The Morgan fingerprint density at radius 3 is 1.97 bits per heavy atom. The number of hydrogen-bond donors (Lipinski definition) is 2. The van der Waals surface area contributed by atoms with E-state index in [1.165, 1.54) is 77.0 Å². The van der Waals surface area contributed by atoms with E-state index in [-0.39, 0.29) is 0 Å². The Morgan fingerprint density at radius 1 is 0.586 bits per heavy atom. The molecule has 0 radical (unpaired) electrons. The van der Waals surface area contributed by atoms with Gasteiger partial charge >= 0.3 is 0 Å². The van der Waals surface area contributed by atoms with Crippen molar-refractivity contribution in [3.05, 3.63) is 232 Å². The van der Waals surface area contributed by atoms with E-state index in [0.29, 0.717) is 0 Å². The molecule has 0 saturated heterocycles. The minimum atomic E-state index is 0.985. The van der Waals surface area contributed by atoms with Crippen LogP contribution >= 0.6 is 12.6 Å². The molecule has 3 heteroatoms. The van der Waals surface area contributed by atoms with E-state index >= 15 is 0 Å². The standard InChI is InChI=1S/C38H28N2.C7H10.C6H6S.C4H6/c1-3-9-27(10-4-2)40-36-14-8-7-13-30(36)33-22-25(16-20-37(33)40)24-15-19-35-32(21-24)31-18-17-29-28-12-6-5-11-26(28)23-34(29)38(31)39-35;1-3-5-7-6-4-2;7-6-4-2-1-3-5-6;1-3-4-2/h3-22,39H,1,23H2,2H3;3-7H,1H2,2H3;1-5,7H;3-4H,1-2H2/b10-4-,27-9+;6-4-,7-5-;;. The largest absolute Gasteiger partial charge is 0.354 e. The maximum absolute atomic E-state index is 4.08. The number of aromatic nitrogens is 2. The number of nitrogens with zero attached hydrogens (tertiary/aromatic N) is 1. The molecule has 0 saturated carbocycles. The van der Waals surface area contributed by atoms with Crippen LogP contribution in [0.15, 0.2) is 225 Å². The van der Waals surface area contributed by atoms with Gasteiger partial charge in [0.15, 0.2) is 0 Å². The van der Waals surface area contributed by atoms with E-state index in [2.05, 4.69) is 171 Å². The summed E-state index contributed by atoms with van der Waals surface area (Å²) in [5.74, 6) is 0. The van der Waals surface area contributed by atoms with Gasteiger partial charge in [0, 0.05) is 44.1 Å². The van der Waals surface area contributed by atoms with Crippen molar-refractivity contribution in [2.24, 2.45) is 0 Å². The van der Waals surface area contributed by atoms with Gasteiger partial charge in [-0.3, -0.25) is 0 Å². The molecule has 2 aromatic heterocycles. The van der Waals surface area contributed by atoms with Crippen LogP contribution in [-0.2, 0) is 6.42 Å². The second-order valence-corrected chi connectivity index (χ2v) is 14.1. The molecule has 2 nitrogen and oxygen atoms in total. The first-order chi connectivity index (χ1) is 28.5. The van der Waals surface area contributed by atoms with E-state index in [9.17, 15) is 0 Å². The average molecular weight is 771 g/mol. The van der Waals surface area contributed by atoms with Crippen molar-refractivity contribution in [1.29, 1.82) is 0 Å². The summed E-state index contributed by atoms with van der Waals surface area (Å²) in [5, 5.41) is 5.08. The summed E-state index contributed by atoms with van der Waals surface area (Å²) in [6.45, 7) is 18.2. The molecule has 0 spiro atoms. The van der Waals surface area contributed by atoms with Gasteiger partial charge < -0.3 is 9.55 Å². The van der Waals surface area contributed by atoms with Crippen LogP contribution in [0.2, 0.25) is 0 Å². The van der Waals surface area contributed by atoms with Crippen LogP contribution in [0.25, 0.3) is 71.6 Å². The lowest BCUT2D eigenvalue weighted by atomic mass is 9.99. The number of para-hydroxylation sites is 1. The number of hydrogen-bond acceptors (Lipinski definition) is 1. The fourth-order valence-corrected chi connectivity index (χ4v) is 7.55. The van der Waals surface area contributed by atoms with Gasteiger partial charge in [-0.15, -0.1) is 12.6 Å². The molecule has 0 fully saturated rings. The molecule has 58 heavy (non-hydrogen) atoms. The van der Waals surface area contributed by atoms with E-state index in [1.807, 2.05) is 67.6 Å². The van der Waals surface area contributed by atoms with Crippen LogP contribution in [0.5, 0.6) is 0 Å². The fraction of sp³-hybridized carbons (Fsp3) is 0.0545. The Kier molecular flexibility index (Phi) is 14.0. The van der Waals surface area contributed by atoms with Crippen LogP contribution in [-0.4, -0.2) is 9.55 Å². The molecule has 2 heterocycles. The molecule has 9 rings (SSSR count). The van der Waals surface area contributed by atoms with Gasteiger partial charge in [-0.2, -0.15) is 0 Å². The van der Waals surface area contributed by atoms with Gasteiger partial charge in [-0.1, -0.05) is 166 Å². The van der Waals surface area contributed by atoms with Crippen LogP contribution in [0.3, 0.4) is 0 Å². The lowest BCUT2D eigenvalue weighted by Gasteiger charge is -2.09. The number of thiol groups is 1. The Labute approximate surface area is 349 Å². The predicted octanol–water partition coefficient (Wildman–Crippen LogP) is 15.9. The summed E-state index contributed by atoms with van der Waals surface area (Å²) < 4.78 is 2.33. The monoisotopic (exact) mass is 770 g/mol. The highest BCUT2D eigenvalue weighted by Crippen LogP contribution is 2.43. The molecule has 1 aliphatic carbocycles. The lowest BCUT2D eigenvalue weighted by Crippen LogP contribution is -1.94. The summed E-state index contributed by atoms with van der Waals surface area (Å²) in [6.07, 6.45) is 21.9. The van der Waals surface area contributed by atoms with E-state index in [0.717, 1.165) is 17.0 Å². The summed E-state index contributed by atoms with van der Waals surface area (Å²) in [5.41, 5.74) is 14.0.